The summed E-state index contributed by atoms with van der Waals surface area (Å²) < 4.78 is 0. The Labute approximate surface area is 130 Å². The Balaban J connectivity index is 1.91. The molecule has 0 saturated carbocycles. The minimum absolute atomic E-state index is 0.0503. The van der Waals surface area contributed by atoms with Gasteiger partial charge in [0, 0.05) is 29.4 Å². The first-order valence-electron chi connectivity index (χ1n) is 7.06. The number of carbonyl (C=O) groups excluding carboxylic acids is 1. The molecular formula is C17H19ClN2O. The Hall–Kier alpha value is -2.00. The van der Waals surface area contributed by atoms with E-state index in [-0.39, 0.29) is 5.91 Å². The number of anilines is 2. The van der Waals surface area contributed by atoms with E-state index < -0.39 is 0 Å². The molecule has 2 aromatic carbocycles. The topological polar surface area (TPSA) is 41.1 Å². The molecule has 0 bridgehead atoms. The molecule has 3 nitrogen and oxygen atoms in total. The minimum atomic E-state index is 0.0503. The molecule has 0 unspecified atom stereocenters. The zero-order valence-corrected chi connectivity index (χ0v) is 12.8. The molecule has 110 valence electrons. The van der Waals surface area contributed by atoms with Gasteiger partial charge in [0.1, 0.15) is 0 Å². The quantitative estimate of drug-likeness (QED) is 0.812. The van der Waals surface area contributed by atoms with Gasteiger partial charge in [-0.3, -0.25) is 4.79 Å². The van der Waals surface area contributed by atoms with E-state index in [2.05, 4.69) is 10.6 Å². The van der Waals surface area contributed by atoms with E-state index in [4.69, 9.17) is 11.6 Å². The lowest BCUT2D eigenvalue weighted by Gasteiger charge is -2.09. The van der Waals surface area contributed by atoms with E-state index in [0.717, 1.165) is 28.4 Å². The molecule has 0 heterocycles. The molecule has 0 aliphatic carbocycles. The van der Waals surface area contributed by atoms with Gasteiger partial charge in [0.05, 0.1) is 0 Å². The number of nitrogens with one attached hydrogen (secondary N) is 2. The van der Waals surface area contributed by atoms with Crippen LogP contribution in [0, 0.1) is 0 Å². The van der Waals surface area contributed by atoms with Crippen molar-refractivity contribution in [2.24, 2.45) is 0 Å². The molecule has 0 aliphatic heterocycles. The van der Waals surface area contributed by atoms with Crippen molar-refractivity contribution < 1.29 is 4.79 Å². The van der Waals surface area contributed by atoms with Gasteiger partial charge in [-0.05, 0) is 42.3 Å². The number of rotatable bonds is 6. The Kier molecular flexibility index (Phi) is 5.64. The van der Waals surface area contributed by atoms with Crippen LogP contribution in [0.4, 0.5) is 11.4 Å². The summed E-state index contributed by atoms with van der Waals surface area (Å²) in [6.07, 6.45) is 1.40. The average Bonchev–Trinajstić information content (AvgIpc) is 2.48. The number of halogens is 1. The minimum Gasteiger partial charge on any atom is -0.381 e. The van der Waals surface area contributed by atoms with E-state index in [1.165, 1.54) is 0 Å². The van der Waals surface area contributed by atoms with Gasteiger partial charge >= 0.3 is 0 Å². The number of carbonyl (C=O) groups is 1. The molecule has 0 spiro atoms. The van der Waals surface area contributed by atoms with Crippen LogP contribution in [0.1, 0.15) is 25.3 Å². The first-order valence-corrected chi connectivity index (χ1v) is 7.44. The molecule has 0 aliphatic rings. The van der Waals surface area contributed by atoms with Crippen molar-refractivity contribution in [3.8, 4) is 0 Å². The monoisotopic (exact) mass is 302 g/mol. The summed E-state index contributed by atoms with van der Waals surface area (Å²) in [5.74, 6) is 0.0503. The highest BCUT2D eigenvalue weighted by Crippen LogP contribution is 2.18. The van der Waals surface area contributed by atoms with Gasteiger partial charge in [-0.2, -0.15) is 0 Å². The van der Waals surface area contributed by atoms with Gasteiger partial charge in [0.25, 0.3) is 0 Å². The zero-order chi connectivity index (χ0) is 15.1. The van der Waals surface area contributed by atoms with E-state index in [1.54, 1.807) is 0 Å². The molecule has 0 atom stereocenters. The summed E-state index contributed by atoms with van der Waals surface area (Å²) in [4.78, 5) is 11.5. The van der Waals surface area contributed by atoms with Crippen molar-refractivity contribution in [1.29, 1.82) is 0 Å². The number of hydrogen-bond acceptors (Lipinski definition) is 2. The Bertz CT molecular complexity index is 596. The summed E-state index contributed by atoms with van der Waals surface area (Å²) in [6.45, 7) is 2.66. The van der Waals surface area contributed by atoms with Gasteiger partial charge in [0.2, 0.25) is 5.91 Å². The van der Waals surface area contributed by atoms with E-state index in [0.29, 0.717) is 13.0 Å². The van der Waals surface area contributed by atoms with Crippen molar-refractivity contribution in [3.63, 3.8) is 0 Å². The zero-order valence-electron chi connectivity index (χ0n) is 12.0. The fourth-order valence-corrected chi connectivity index (χ4v) is 2.16. The lowest BCUT2D eigenvalue weighted by molar-refractivity contribution is -0.116. The predicted octanol–water partition coefficient (Wildman–Crippen LogP) is 4.69. The Morgan fingerprint density at radius 1 is 1.05 bits per heavy atom. The third kappa shape index (κ3) is 4.80. The second kappa shape index (κ2) is 7.70. The maximum Gasteiger partial charge on any atom is 0.224 e. The standard InChI is InChI=1S/C17H19ClN2O/c1-2-5-17(21)20-15-10-8-14(9-11-15)19-12-13-6-3-4-7-16(13)18/h3-4,6-11,19H,2,5,12H2,1H3,(H,20,21). The average molecular weight is 303 g/mol. The third-order valence-electron chi connectivity index (χ3n) is 3.09. The van der Waals surface area contributed by atoms with Crippen LogP contribution in [0.2, 0.25) is 5.02 Å². The molecule has 21 heavy (non-hydrogen) atoms. The number of benzene rings is 2. The molecule has 2 aromatic rings. The van der Waals surface area contributed by atoms with E-state index >= 15 is 0 Å². The SMILES string of the molecule is CCCC(=O)Nc1ccc(NCc2ccccc2Cl)cc1. The normalized spacial score (nSPS) is 10.2. The molecule has 0 fully saturated rings. The van der Waals surface area contributed by atoms with Crippen LogP contribution >= 0.6 is 11.6 Å². The van der Waals surface area contributed by atoms with Crippen molar-refractivity contribution in [3.05, 3.63) is 59.1 Å². The highest BCUT2D eigenvalue weighted by molar-refractivity contribution is 6.31. The second-order valence-corrected chi connectivity index (χ2v) is 5.23. The highest BCUT2D eigenvalue weighted by Gasteiger charge is 2.01. The molecular weight excluding hydrogens is 284 g/mol. The van der Waals surface area contributed by atoms with Gasteiger partial charge < -0.3 is 10.6 Å². The number of amides is 1. The maximum absolute atomic E-state index is 11.5. The van der Waals surface area contributed by atoms with Crippen LogP contribution in [0.15, 0.2) is 48.5 Å². The molecule has 0 radical (unpaired) electrons. The van der Waals surface area contributed by atoms with Crippen molar-refractivity contribution >= 4 is 28.9 Å². The number of hydrogen-bond donors (Lipinski definition) is 2. The molecule has 2 N–H and O–H groups in total. The van der Waals surface area contributed by atoms with E-state index in [9.17, 15) is 4.79 Å². The maximum atomic E-state index is 11.5. The second-order valence-electron chi connectivity index (χ2n) is 4.82. The van der Waals surface area contributed by atoms with Crippen LogP contribution in [0.3, 0.4) is 0 Å². The van der Waals surface area contributed by atoms with Crippen LogP contribution in [-0.2, 0) is 11.3 Å². The molecule has 2 rings (SSSR count). The molecule has 4 heteroatoms. The first-order chi connectivity index (χ1) is 10.2. The summed E-state index contributed by atoms with van der Waals surface area (Å²) in [5, 5.41) is 6.93. The van der Waals surface area contributed by atoms with Crippen molar-refractivity contribution in [1.82, 2.24) is 0 Å². The van der Waals surface area contributed by atoms with Crippen LogP contribution in [0.25, 0.3) is 0 Å². The summed E-state index contributed by atoms with van der Waals surface area (Å²) in [5.41, 5.74) is 2.86. The lowest BCUT2D eigenvalue weighted by atomic mass is 10.2. The first kappa shape index (κ1) is 15.4. The smallest absolute Gasteiger partial charge is 0.224 e. The Morgan fingerprint density at radius 2 is 1.71 bits per heavy atom. The largest absolute Gasteiger partial charge is 0.381 e. The van der Waals surface area contributed by atoms with Crippen molar-refractivity contribution in [2.45, 2.75) is 26.3 Å². The van der Waals surface area contributed by atoms with Crippen LogP contribution < -0.4 is 10.6 Å². The summed E-state index contributed by atoms with van der Waals surface area (Å²) in [6, 6.07) is 15.4. The lowest BCUT2D eigenvalue weighted by Crippen LogP contribution is -2.10. The predicted molar refractivity (Wildman–Crippen MR) is 88.8 cm³/mol. The van der Waals surface area contributed by atoms with Crippen molar-refractivity contribution in [2.75, 3.05) is 10.6 Å². The summed E-state index contributed by atoms with van der Waals surface area (Å²) in [7, 11) is 0. The third-order valence-corrected chi connectivity index (χ3v) is 3.46. The fraction of sp³-hybridized carbons (Fsp3) is 0.235. The molecule has 0 saturated heterocycles. The van der Waals surface area contributed by atoms with Crippen LogP contribution in [-0.4, -0.2) is 5.91 Å². The molecule has 1 amide bonds. The van der Waals surface area contributed by atoms with Gasteiger partial charge in [-0.1, -0.05) is 36.7 Å². The highest BCUT2D eigenvalue weighted by atomic mass is 35.5. The van der Waals surface area contributed by atoms with Gasteiger partial charge in [-0.15, -0.1) is 0 Å². The van der Waals surface area contributed by atoms with Crippen LogP contribution in [0.5, 0.6) is 0 Å². The van der Waals surface area contributed by atoms with E-state index in [1.807, 2.05) is 55.5 Å². The summed E-state index contributed by atoms with van der Waals surface area (Å²) >= 11 is 6.12. The van der Waals surface area contributed by atoms with Gasteiger partial charge in [-0.25, -0.2) is 0 Å². The van der Waals surface area contributed by atoms with Gasteiger partial charge in [0.15, 0.2) is 0 Å². The molecule has 0 aromatic heterocycles. The Morgan fingerprint density at radius 3 is 2.38 bits per heavy atom. The fourth-order valence-electron chi connectivity index (χ4n) is 1.96.